The summed E-state index contributed by atoms with van der Waals surface area (Å²) in [4.78, 5) is 17.6. The zero-order chi connectivity index (χ0) is 19.1. The van der Waals surface area contributed by atoms with Crippen LogP contribution in [-0.4, -0.2) is 40.7 Å². The van der Waals surface area contributed by atoms with E-state index in [0.717, 1.165) is 12.2 Å². The summed E-state index contributed by atoms with van der Waals surface area (Å²) in [5.41, 5.74) is 0.591. The fourth-order valence-corrected chi connectivity index (χ4v) is 3.46. The first-order chi connectivity index (χ1) is 12.4. The van der Waals surface area contributed by atoms with E-state index in [-0.39, 0.29) is 17.8 Å². The summed E-state index contributed by atoms with van der Waals surface area (Å²) in [7, 11) is 0. The Morgan fingerprint density at radius 3 is 2.54 bits per heavy atom. The van der Waals surface area contributed by atoms with Gasteiger partial charge in [0, 0.05) is 23.9 Å². The molecule has 0 amide bonds. The molecule has 0 aliphatic rings. The number of benzene rings is 1. The summed E-state index contributed by atoms with van der Waals surface area (Å²) in [6.07, 6.45) is 1.13. The van der Waals surface area contributed by atoms with Gasteiger partial charge in [0.1, 0.15) is 0 Å². The molecule has 0 bridgehead atoms. The first kappa shape index (κ1) is 21.2. The molecule has 0 atom stereocenters. The number of halogens is 1. The maximum atomic E-state index is 12.9. The minimum absolute atomic E-state index is 0.0384. The SMILES string of the molecule is CC(C)OCCCn1c(SCCOC(C)C)nc2cc(Cl)ccc2c1=O. The van der Waals surface area contributed by atoms with E-state index < -0.39 is 0 Å². The smallest absolute Gasteiger partial charge is 0.262 e. The van der Waals surface area contributed by atoms with E-state index in [1.54, 1.807) is 22.8 Å². The van der Waals surface area contributed by atoms with Crippen molar-refractivity contribution in [3.05, 3.63) is 33.6 Å². The molecule has 7 heteroatoms. The van der Waals surface area contributed by atoms with Gasteiger partial charge in [-0.25, -0.2) is 4.98 Å². The lowest BCUT2D eigenvalue weighted by Gasteiger charge is -2.14. The van der Waals surface area contributed by atoms with E-state index in [1.165, 1.54) is 11.8 Å². The number of hydrogen-bond donors (Lipinski definition) is 0. The first-order valence-corrected chi connectivity index (χ1v) is 10.3. The zero-order valence-corrected chi connectivity index (χ0v) is 17.4. The molecule has 1 aromatic carbocycles. The highest BCUT2D eigenvalue weighted by Crippen LogP contribution is 2.20. The fraction of sp³-hybridized carbons (Fsp3) is 0.579. The molecule has 1 aromatic heterocycles. The van der Waals surface area contributed by atoms with Crippen molar-refractivity contribution in [1.29, 1.82) is 0 Å². The van der Waals surface area contributed by atoms with Crippen molar-refractivity contribution in [3.63, 3.8) is 0 Å². The minimum Gasteiger partial charge on any atom is -0.379 e. The minimum atomic E-state index is -0.0384. The molecule has 0 spiro atoms. The third-order valence-electron chi connectivity index (χ3n) is 3.63. The summed E-state index contributed by atoms with van der Waals surface area (Å²) >= 11 is 7.60. The normalized spacial score (nSPS) is 11.8. The molecule has 2 aromatic rings. The quantitative estimate of drug-likeness (QED) is 0.337. The molecule has 5 nitrogen and oxygen atoms in total. The van der Waals surface area contributed by atoms with Crippen molar-refractivity contribution >= 4 is 34.3 Å². The van der Waals surface area contributed by atoms with Crippen molar-refractivity contribution in [2.75, 3.05) is 19.0 Å². The van der Waals surface area contributed by atoms with Crippen LogP contribution in [0.2, 0.25) is 5.02 Å². The van der Waals surface area contributed by atoms with Crippen LogP contribution < -0.4 is 5.56 Å². The molecular weight excluding hydrogens is 372 g/mol. The summed E-state index contributed by atoms with van der Waals surface area (Å²) in [5, 5.41) is 1.86. The molecule has 0 N–H and O–H groups in total. The monoisotopic (exact) mass is 398 g/mol. The summed E-state index contributed by atoms with van der Waals surface area (Å²) in [6, 6.07) is 5.20. The van der Waals surface area contributed by atoms with E-state index in [0.29, 0.717) is 40.8 Å². The van der Waals surface area contributed by atoms with Crippen molar-refractivity contribution in [1.82, 2.24) is 9.55 Å². The Bertz CT molecular complexity index is 777. The van der Waals surface area contributed by atoms with Crippen LogP contribution >= 0.6 is 23.4 Å². The van der Waals surface area contributed by atoms with Gasteiger partial charge < -0.3 is 9.47 Å². The highest BCUT2D eigenvalue weighted by Gasteiger charge is 2.12. The molecule has 26 heavy (non-hydrogen) atoms. The lowest BCUT2D eigenvalue weighted by molar-refractivity contribution is 0.0743. The summed E-state index contributed by atoms with van der Waals surface area (Å²) in [6.45, 7) is 9.82. The number of fused-ring (bicyclic) bond motifs is 1. The van der Waals surface area contributed by atoms with Crippen LogP contribution in [0.5, 0.6) is 0 Å². The Morgan fingerprint density at radius 1 is 1.15 bits per heavy atom. The zero-order valence-electron chi connectivity index (χ0n) is 15.8. The van der Waals surface area contributed by atoms with Crippen LogP contribution in [0.25, 0.3) is 10.9 Å². The predicted octanol–water partition coefficient (Wildman–Crippen LogP) is 4.38. The number of ether oxygens (including phenoxy) is 2. The average molecular weight is 399 g/mol. The number of hydrogen-bond acceptors (Lipinski definition) is 5. The van der Waals surface area contributed by atoms with Crippen molar-refractivity contribution in [2.24, 2.45) is 0 Å². The molecule has 0 unspecified atom stereocenters. The van der Waals surface area contributed by atoms with Crippen molar-refractivity contribution < 1.29 is 9.47 Å². The lowest BCUT2D eigenvalue weighted by atomic mass is 10.2. The Labute approximate surface area is 164 Å². The van der Waals surface area contributed by atoms with Gasteiger partial charge in [-0.05, 0) is 52.3 Å². The van der Waals surface area contributed by atoms with Crippen LogP contribution in [0, 0.1) is 0 Å². The van der Waals surface area contributed by atoms with Crippen LogP contribution in [0.3, 0.4) is 0 Å². The summed E-state index contributed by atoms with van der Waals surface area (Å²) in [5.74, 6) is 0.735. The van der Waals surface area contributed by atoms with Gasteiger partial charge >= 0.3 is 0 Å². The fourth-order valence-electron chi connectivity index (χ4n) is 2.44. The van der Waals surface area contributed by atoms with E-state index in [1.807, 2.05) is 27.7 Å². The molecule has 0 fully saturated rings. The molecule has 0 aliphatic carbocycles. The largest absolute Gasteiger partial charge is 0.379 e. The molecule has 0 saturated carbocycles. The molecule has 0 saturated heterocycles. The Balaban J connectivity index is 2.22. The molecular formula is C19H27ClN2O3S. The van der Waals surface area contributed by atoms with Gasteiger partial charge in [-0.3, -0.25) is 9.36 Å². The van der Waals surface area contributed by atoms with Crippen LogP contribution in [-0.2, 0) is 16.0 Å². The number of nitrogens with zero attached hydrogens (tertiary/aromatic N) is 2. The summed E-state index contributed by atoms with van der Waals surface area (Å²) < 4.78 is 12.9. The maximum absolute atomic E-state index is 12.9. The second-order valence-corrected chi connectivity index (χ2v) is 8.05. The van der Waals surface area contributed by atoms with Gasteiger partial charge in [0.2, 0.25) is 0 Å². The molecule has 0 aliphatic heterocycles. The second-order valence-electron chi connectivity index (χ2n) is 6.55. The average Bonchev–Trinajstić information content (AvgIpc) is 2.56. The van der Waals surface area contributed by atoms with Gasteiger partial charge in [0.25, 0.3) is 5.56 Å². The lowest BCUT2D eigenvalue weighted by Crippen LogP contribution is -2.24. The second kappa shape index (κ2) is 10.3. The molecule has 2 rings (SSSR count). The predicted molar refractivity (Wildman–Crippen MR) is 109 cm³/mol. The van der Waals surface area contributed by atoms with Gasteiger partial charge in [-0.1, -0.05) is 23.4 Å². The van der Waals surface area contributed by atoms with E-state index >= 15 is 0 Å². The standard InChI is InChI=1S/C19H27ClN2O3S/c1-13(2)24-9-5-8-22-18(23)16-7-6-15(20)12-17(16)21-19(22)26-11-10-25-14(3)4/h6-7,12-14H,5,8-11H2,1-4H3. The Hall–Kier alpha value is -1.08. The Kier molecular flexibility index (Phi) is 8.41. The van der Waals surface area contributed by atoms with E-state index in [4.69, 9.17) is 21.1 Å². The van der Waals surface area contributed by atoms with E-state index in [2.05, 4.69) is 4.98 Å². The van der Waals surface area contributed by atoms with Gasteiger partial charge in [-0.15, -0.1) is 0 Å². The van der Waals surface area contributed by atoms with Gasteiger partial charge in [0.05, 0.1) is 29.7 Å². The van der Waals surface area contributed by atoms with Gasteiger partial charge in [0.15, 0.2) is 5.16 Å². The maximum Gasteiger partial charge on any atom is 0.262 e. The molecule has 144 valence electrons. The van der Waals surface area contributed by atoms with E-state index in [9.17, 15) is 4.79 Å². The number of thioether (sulfide) groups is 1. The van der Waals surface area contributed by atoms with Crippen LogP contribution in [0.1, 0.15) is 34.1 Å². The Morgan fingerprint density at radius 2 is 1.85 bits per heavy atom. The number of aromatic nitrogens is 2. The van der Waals surface area contributed by atoms with Crippen LogP contribution in [0.15, 0.2) is 28.2 Å². The number of rotatable bonds is 10. The third kappa shape index (κ3) is 6.27. The molecule has 0 radical (unpaired) electrons. The van der Waals surface area contributed by atoms with Gasteiger partial charge in [-0.2, -0.15) is 0 Å². The highest BCUT2D eigenvalue weighted by molar-refractivity contribution is 7.99. The highest BCUT2D eigenvalue weighted by atomic mass is 35.5. The molecule has 1 heterocycles. The first-order valence-electron chi connectivity index (χ1n) is 8.94. The van der Waals surface area contributed by atoms with Crippen LogP contribution in [0.4, 0.5) is 0 Å². The topological polar surface area (TPSA) is 53.4 Å². The van der Waals surface area contributed by atoms with Crippen molar-refractivity contribution in [2.45, 2.75) is 58.0 Å². The third-order valence-corrected chi connectivity index (χ3v) is 4.80. The van der Waals surface area contributed by atoms with Crippen molar-refractivity contribution in [3.8, 4) is 0 Å².